The highest BCUT2D eigenvalue weighted by Crippen LogP contribution is 2.35. The molecule has 0 unspecified atom stereocenters. The van der Waals surface area contributed by atoms with Gasteiger partial charge < -0.3 is 15.0 Å². The van der Waals surface area contributed by atoms with Gasteiger partial charge in [-0.05, 0) is 48.2 Å². The van der Waals surface area contributed by atoms with Gasteiger partial charge in [0.25, 0.3) is 5.91 Å². The Bertz CT molecular complexity index is 1130. The quantitative estimate of drug-likeness (QED) is 0.315. The van der Waals surface area contributed by atoms with E-state index in [9.17, 15) is 19.5 Å². The van der Waals surface area contributed by atoms with Gasteiger partial charge in [-0.15, -0.1) is 10.2 Å². The van der Waals surface area contributed by atoms with Gasteiger partial charge in [0, 0.05) is 30.3 Å². The number of nitrogens with zero attached hydrogens (tertiary/aromatic N) is 4. The number of halogens is 1. The predicted octanol–water partition coefficient (Wildman–Crippen LogP) is 2.49. The van der Waals surface area contributed by atoms with Crippen molar-refractivity contribution < 1.29 is 25.0 Å². The van der Waals surface area contributed by atoms with E-state index >= 15 is 0 Å². The van der Waals surface area contributed by atoms with Crippen molar-refractivity contribution >= 4 is 29.2 Å². The summed E-state index contributed by atoms with van der Waals surface area (Å²) in [7, 11) is 1.70. The van der Waals surface area contributed by atoms with Gasteiger partial charge >= 0.3 is 0 Å². The number of carbonyl (C=O) groups excluding carboxylic acids is 1. The fourth-order valence-corrected chi connectivity index (χ4v) is 4.68. The highest BCUT2D eigenvalue weighted by atomic mass is 32.2. The van der Waals surface area contributed by atoms with E-state index < -0.39 is 11.7 Å². The molecule has 0 radical (unpaired) electrons. The number of rotatable bonds is 7. The van der Waals surface area contributed by atoms with Gasteiger partial charge in [0.2, 0.25) is 0 Å². The molecule has 32 heavy (non-hydrogen) atoms. The second kappa shape index (κ2) is 9.74. The lowest BCUT2D eigenvalue weighted by molar-refractivity contribution is -0.825. The van der Waals surface area contributed by atoms with Crippen LogP contribution in [0.25, 0.3) is 0 Å². The SMILES string of the molecule is Cn1c(CO)nnc1Sc1ccc([NH2+]O)cc1C(=O)Nc1ncc(C2CCCC2)cc1F. The first-order valence-electron chi connectivity index (χ1n) is 10.3. The van der Waals surface area contributed by atoms with Crippen LogP contribution in [0.2, 0.25) is 0 Å². The molecule has 1 aliphatic rings. The Balaban J connectivity index is 1.59. The Labute approximate surface area is 188 Å². The third kappa shape index (κ3) is 4.65. The van der Waals surface area contributed by atoms with Gasteiger partial charge in [-0.3, -0.25) is 4.79 Å². The van der Waals surface area contributed by atoms with Crippen molar-refractivity contribution in [1.29, 1.82) is 0 Å². The molecule has 4 rings (SSSR count). The number of quaternary nitrogens is 1. The van der Waals surface area contributed by atoms with E-state index in [2.05, 4.69) is 20.5 Å². The van der Waals surface area contributed by atoms with Crippen molar-refractivity contribution in [1.82, 2.24) is 19.7 Å². The molecular weight excluding hydrogens is 435 g/mol. The zero-order valence-electron chi connectivity index (χ0n) is 17.5. The Morgan fingerprint density at radius 1 is 1.31 bits per heavy atom. The predicted molar refractivity (Wildman–Crippen MR) is 114 cm³/mol. The Hall–Kier alpha value is -2.86. The Morgan fingerprint density at radius 3 is 2.75 bits per heavy atom. The Kier molecular flexibility index (Phi) is 6.80. The largest absolute Gasteiger partial charge is 0.388 e. The van der Waals surface area contributed by atoms with Crippen molar-refractivity contribution in [2.24, 2.45) is 7.05 Å². The number of nitrogens with one attached hydrogen (secondary N) is 1. The van der Waals surface area contributed by atoms with Gasteiger partial charge in [-0.2, -0.15) is 5.48 Å². The fourth-order valence-electron chi connectivity index (χ4n) is 3.77. The van der Waals surface area contributed by atoms with Crippen LogP contribution in [0.4, 0.5) is 15.9 Å². The van der Waals surface area contributed by atoms with Crippen molar-refractivity contribution in [3.63, 3.8) is 0 Å². The summed E-state index contributed by atoms with van der Waals surface area (Å²) in [6.07, 6.45) is 5.94. The zero-order valence-corrected chi connectivity index (χ0v) is 18.3. The van der Waals surface area contributed by atoms with Crippen molar-refractivity contribution in [2.75, 3.05) is 5.32 Å². The molecule has 3 aromatic rings. The van der Waals surface area contributed by atoms with Crippen LogP contribution in [-0.4, -0.2) is 36.0 Å². The highest BCUT2D eigenvalue weighted by molar-refractivity contribution is 7.99. The van der Waals surface area contributed by atoms with Gasteiger partial charge in [0.05, 0.1) is 5.56 Å². The molecule has 1 aromatic carbocycles. The van der Waals surface area contributed by atoms with E-state index in [4.69, 9.17) is 0 Å². The zero-order chi connectivity index (χ0) is 22.7. The number of hydrogen-bond acceptors (Lipinski definition) is 7. The number of aliphatic hydroxyl groups excluding tert-OH is 1. The monoisotopic (exact) mass is 459 g/mol. The van der Waals surface area contributed by atoms with Crippen LogP contribution in [0.1, 0.15) is 53.3 Å². The maximum atomic E-state index is 14.7. The normalized spacial score (nSPS) is 14.1. The van der Waals surface area contributed by atoms with Gasteiger partial charge in [-0.1, -0.05) is 12.8 Å². The molecule has 2 heterocycles. The second-order valence-corrected chi connectivity index (χ2v) is 8.65. The maximum absolute atomic E-state index is 14.7. The van der Waals surface area contributed by atoms with Gasteiger partial charge in [-0.25, -0.2) is 14.6 Å². The second-order valence-electron chi connectivity index (χ2n) is 7.64. The minimum atomic E-state index is -0.581. The summed E-state index contributed by atoms with van der Waals surface area (Å²) >= 11 is 1.17. The Morgan fingerprint density at radius 2 is 2.09 bits per heavy atom. The summed E-state index contributed by atoms with van der Waals surface area (Å²) in [6.45, 7) is -0.266. The molecule has 1 saturated carbocycles. The van der Waals surface area contributed by atoms with Crippen LogP contribution >= 0.6 is 11.8 Å². The van der Waals surface area contributed by atoms with Gasteiger partial charge in [0.1, 0.15) is 6.61 Å². The number of anilines is 1. The number of amides is 1. The third-order valence-electron chi connectivity index (χ3n) is 5.59. The van der Waals surface area contributed by atoms with Crippen LogP contribution in [0.15, 0.2) is 40.5 Å². The standard InChI is InChI=1S/C21H23FN6O3S/c1-28-18(11-29)25-26-21(28)32-17-7-6-14(27-31)9-15(17)20(30)24-19-16(22)8-13(10-23-19)12-4-2-3-5-12/h6-10,12,27,29,31H,2-5,11H2,1H3,(H,23,24,30)/p+1. The van der Waals surface area contributed by atoms with Crippen molar-refractivity contribution in [2.45, 2.75) is 48.3 Å². The average molecular weight is 460 g/mol. The molecule has 1 fully saturated rings. The number of pyridine rings is 1. The molecule has 1 amide bonds. The lowest BCUT2D eigenvalue weighted by atomic mass is 9.99. The molecule has 11 heteroatoms. The van der Waals surface area contributed by atoms with Gasteiger partial charge in [0.15, 0.2) is 28.3 Å². The molecule has 2 aromatic heterocycles. The van der Waals surface area contributed by atoms with E-state index in [0.717, 1.165) is 36.7 Å². The van der Waals surface area contributed by atoms with Crippen LogP contribution in [0, 0.1) is 5.82 Å². The van der Waals surface area contributed by atoms with Crippen LogP contribution in [-0.2, 0) is 13.7 Å². The summed E-state index contributed by atoms with van der Waals surface area (Å²) in [5, 5.41) is 29.6. The lowest BCUT2D eigenvalue weighted by Crippen LogP contribution is -2.73. The van der Waals surface area contributed by atoms with E-state index in [-0.39, 0.29) is 18.0 Å². The molecule has 0 spiro atoms. The molecular formula is C21H24FN6O3S+. The maximum Gasteiger partial charge on any atom is 0.258 e. The first kappa shape index (κ1) is 22.3. The molecule has 9 nitrogen and oxygen atoms in total. The number of nitrogens with two attached hydrogens (primary N) is 1. The van der Waals surface area contributed by atoms with E-state index in [1.165, 1.54) is 23.9 Å². The van der Waals surface area contributed by atoms with E-state index in [1.807, 2.05) is 0 Å². The summed E-state index contributed by atoms with van der Waals surface area (Å²) in [5.74, 6) is -0.597. The summed E-state index contributed by atoms with van der Waals surface area (Å²) < 4.78 is 16.3. The lowest BCUT2D eigenvalue weighted by Gasteiger charge is -2.13. The molecule has 5 N–H and O–H groups in total. The van der Waals surface area contributed by atoms with Crippen molar-refractivity contribution in [3.8, 4) is 0 Å². The molecule has 168 valence electrons. The number of benzene rings is 1. The van der Waals surface area contributed by atoms with Crippen LogP contribution in [0.5, 0.6) is 0 Å². The van der Waals surface area contributed by atoms with E-state index in [0.29, 0.717) is 27.5 Å². The fraction of sp³-hybridized carbons (Fsp3) is 0.333. The summed E-state index contributed by atoms with van der Waals surface area (Å²) in [6, 6.07) is 6.23. The van der Waals surface area contributed by atoms with E-state index in [1.54, 1.807) is 29.9 Å². The number of aliphatic hydroxyl groups is 1. The first-order valence-corrected chi connectivity index (χ1v) is 11.1. The summed E-state index contributed by atoms with van der Waals surface area (Å²) in [4.78, 5) is 17.7. The smallest absolute Gasteiger partial charge is 0.258 e. The number of carbonyl (C=O) groups is 1. The molecule has 0 atom stereocenters. The van der Waals surface area contributed by atoms with Crippen LogP contribution in [0.3, 0.4) is 0 Å². The topological polar surface area (TPSA) is 130 Å². The molecule has 0 bridgehead atoms. The number of aromatic nitrogens is 4. The van der Waals surface area contributed by atoms with Crippen LogP contribution < -0.4 is 10.8 Å². The molecule has 0 saturated heterocycles. The minimum Gasteiger partial charge on any atom is -0.388 e. The summed E-state index contributed by atoms with van der Waals surface area (Å²) in [5.41, 5.74) is 2.37. The highest BCUT2D eigenvalue weighted by Gasteiger charge is 2.22. The third-order valence-corrected chi connectivity index (χ3v) is 6.70. The molecule has 0 aliphatic heterocycles. The number of hydrogen-bond donors (Lipinski definition) is 4. The molecule has 1 aliphatic carbocycles. The average Bonchev–Trinajstić information content (AvgIpc) is 3.46. The first-order chi connectivity index (χ1) is 15.5. The minimum absolute atomic E-state index is 0.146. The van der Waals surface area contributed by atoms with Crippen molar-refractivity contribution in [3.05, 3.63) is 53.2 Å².